The second kappa shape index (κ2) is 9.80. The minimum absolute atomic E-state index is 0.00685. The average molecular weight is 465 g/mol. The Morgan fingerprint density at radius 3 is 2.58 bits per heavy atom. The van der Waals surface area contributed by atoms with Crippen molar-refractivity contribution in [3.8, 4) is 0 Å². The molecule has 1 aliphatic rings. The van der Waals surface area contributed by atoms with Gasteiger partial charge in [0.1, 0.15) is 4.90 Å². The molecule has 0 spiro atoms. The van der Waals surface area contributed by atoms with E-state index in [4.69, 9.17) is 16.3 Å². The van der Waals surface area contributed by atoms with Crippen molar-refractivity contribution in [3.63, 3.8) is 0 Å². The van der Waals surface area contributed by atoms with Gasteiger partial charge in [0.05, 0.1) is 10.6 Å². The molecule has 1 fully saturated rings. The quantitative estimate of drug-likeness (QED) is 0.653. The third kappa shape index (κ3) is 5.64. The highest BCUT2D eigenvalue weighted by Crippen LogP contribution is 2.29. The first kappa shape index (κ1) is 23.2. The number of sulfonamides is 1. The van der Waals surface area contributed by atoms with Gasteiger partial charge in [0, 0.05) is 18.8 Å². The molecule has 2 aromatic rings. The summed E-state index contributed by atoms with van der Waals surface area (Å²) in [7, 11) is -3.85. The Bertz CT molecular complexity index is 1060. The van der Waals surface area contributed by atoms with Gasteiger partial charge >= 0.3 is 5.97 Å². The van der Waals surface area contributed by atoms with Crippen LogP contribution in [-0.4, -0.2) is 43.8 Å². The zero-order chi connectivity index (χ0) is 22.6. The number of hydrogen-bond acceptors (Lipinski definition) is 5. The van der Waals surface area contributed by atoms with E-state index in [9.17, 15) is 18.0 Å². The van der Waals surface area contributed by atoms with Crippen LogP contribution in [0.2, 0.25) is 5.02 Å². The van der Waals surface area contributed by atoms with Crippen molar-refractivity contribution in [2.45, 2.75) is 37.7 Å². The van der Waals surface area contributed by atoms with Crippen LogP contribution in [0.15, 0.2) is 53.4 Å². The summed E-state index contributed by atoms with van der Waals surface area (Å²) >= 11 is 6.17. The van der Waals surface area contributed by atoms with Gasteiger partial charge in [-0.2, -0.15) is 4.31 Å². The summed E-state index contributed by atoms with van der Waals surface area (Å²) in [6, 6.07) is 12.7. The van der Waals surface area contributed by atoms with Gasteiger partial charge in [-0.15, -0.1) is 0 Å². The summed E-state index contributed by atoms with van der Waals surface area (Å²) in [5.74, 6) is -1.06. The minimum atomic E-state index is -3.85. The Morgan fingerprint density at radius 1 is 1.19 bits per heavy atom. The molecule has 9 heteroatoms. The molecule has 7 nitrogen and oxygen atoms in total. The van der Waals surface area contributed by atoms with E-state index in [-0.39, 0.29) is 21.4 Å². The molecule has 2 unspecified atom stereocenters. The minimum Gasteiger partial charge on any atom is -0.449 e. The molecule has 166 valence electrons. The van der Waals surface area contributed by atoms with Crippen molar-refractivity contribution in [2.24, 2.45) is 5.92 Å². The summed E-state index contributed by atoms with van der Waals surface area (Å²) in [5, 5.41) is 2.68. The fourth-order valence-corrected chi connectivity index (χ4v) is 5.48. The van der Waals surface area contributed by atoms with Crippen LogP contribution in [0.5, 0.6) is 0 Å². The number of halogens is 1. The van der Waals surface area contributed by atoms with Crippen molar-refractivity contribution in [1.29, 1.82) is 0 Å². The van der Waals surface area contributed by atoms with E-state index in [2.05, 4.69) is 5.32 Å². The highest BCUT2D eigenvalue weighted by molar-refractivity contribution is 7.89. The highest BCUT2D eigenvalue weighted by Gasteiger charge is 2.31. The molecule has 1 saturated heterocycles. The zero-order valence-electron chi connectivity index (χ0n) is 17.4. The summed E-state index contributed by atoms with van der Waals surface area (Å²) in [5.41, 5.74) is 0.582. The predicted molar refractivity (Wildman–Crippen MR) is 119 cm³/mol. The summed E-state index contributed by atoms with van der Waals surface area (Å²) < 4.78 is 32.8. The van der Waals surface area contributed by atoms with Crippen LogP contribution in [0.4, 0.5) is 5.69 Å². The lowest BCUT2D eigenvalue weighted by atomic mass is 10.0. The van der Waals surface area contributed by atoms with Crippen LogP contribution in [0.1, 0.15) is 37.0 Å². The van der Waals surface area contributed by atoms with Crippen LogP contribution in [0.3, 0.4) is 0 Å². The zero-order valence-corrected chi connectivity index (χ0v) is 18.9. The number of esters is 1. The maximum atomic E-state index is 13.1. The lowest BCUT2D eigenvalue weighted by Gasteiger charge is -2.30. The van der Waals surface area contributed by atoms with Gasteiger partial charge in [0.15, 0.2) is 6.10 Å². The van der Waals surface area contributed by atoms with Gasteiger partial charge in [-0.05, 0) is 56.0 Å². The molecule has 1 amide bonds. The van der Waals surface area contributed by atoms with Crippen LogP contribution in [0, 0.1) is 5.92 Å². The average Bonchev–Trinajstić information content (AvgIpc) is 2.74. The molecule has 2 aromatic carbocycles. The van der Waals surface area contributed by atoms with Crippen molar-refractivity contribution in [3.05, 3.63) is 59.1 Å². The molecule has 1 aliphatic heterocycles. The van der Waals surface area contributed by atoms with Gasteiger partial charge < -0.3 is 10.1 Å². The first-order valence-corrected chi connectivity index (χ1v) is 11.9. The number of ether oxygens (including phenoxy) is 1. The lowest BCUT2D eigenvalue weighted by Crippen LogP contribution is -2.39. The molecule has 31 heavy (non-hydrogen) atoms. The van der Waals surface area contributed by atoms with E-state index in [1.54, 1.807) is 24.3 Å². The van der Waals surface area contributed by atoms with Crippen LogP contribution in [-0.2, 0) is 19.6 Å². The van der Waals surface area contributed by atoms with E-state index in [1.807, 2.05) is 13.0 Å². The highest BCUT2D eigenvalue weighted by atomic mass is 35.5. The fourth-order valence-electron chi connectivity index (χ4n) is 3.38. The monoisotopic (exact) mass is 464 g/mol. The number of amides is 1. The van der Waals surface area contributed by atoms with Gasteiger partial charge in [0.25, 0.3) is 5.91 Å². The summed E-state index contributed by atoms with van der Waals surface area (Å²) in [6.45, 7) is 4.26. The van der Waals surface area contributed by atoms with Crippen molar-refractivity contribution < 1.29 is 22.7 Å². The molecule has 1 heterocycles. The van der Waals surface area contributed by atoms with Crippen molar-refractivity contribution >= 4 is 39.2 Å². The third-order valence-electron chi connectivity index (χ3n) is 5.10. The van der Waals surface area contributed by atoms with Gasteiger partial charge in [0.2, 0.25) is 10.0 Å². The number of carbonyl (C=O) groups excluding carboxylic acids is 2. The second-order valence-corrected chi connectivity index (χ2v) is 9.97. The van der Waals surface area contributed by atoms with E-state index < -0.39 is 28.0 Å². The van der Waals surface area contributed by atoms with E-state index in [1.165, 1.54) is 29.4 Å². The molecule has 0 saturated carbocycles. The van der Waals surface area contributed by atoms with E-state index >= 15 is 0 Å². The largest absolute Gasteiger partial charge is 0.449 e. The molecule has 2 atom stereocenters. The van der Waals surface area contributed by atoms with Crippen LogP contribution < -0.4 is 5.32 Å². The van der Waals surface area contributed by atoms with Crippen molar-refractivity contribution in [2.75, 3.05) is 18.4 Å². The van der Waals surface area contributed by atoms with Crippen LogP contribution in [0.25, 0.3) is 0 Å². The number of nitrogens with one attached hydrogen (secondary N) is 1. The Morgan fingerprint density at radius 2 is 1.90 bits per heavy atom. The smallest absolute Gasteiger partial charge is 0.338 e. The van der Waals surface area contributed by atoms with Gasteiger partial charge in [-0.25, -0.2) is 13.2 Å². The summed E-state index contributed by atoms with van der Waals surface area (Å²) in [6.07, 6.45) is 0.662. The normalized spacial score (nSPS) is 18.2. The Labute approximate surface area is 187 Å². The fraction of sp³-hybridized carbons (Fsp3) is 0.364. The Balaban J connectivity index is 1.74. The molecule has 1 N–H and O–H groups in total. The molecule has 0 bridgehead atoms. The standard InChI is InChI=1S/C22H25ClN2O5S/c1-15-7-6-12-25(14-15)31(28,29)20-13-17(10-11-19(20)23)22(27)30-16(2)21(26)24-18-8-4-3-5-9-18/h3-5,8-11,13,15-16H,6-7,12,14H2,1-2H3,(H,24,26). The maximum absolute atomic E-state index is 13.1. The topological polar surface area (TPSA) is 92.8 Å². The predicted octanol–water partition coefficient (Wildman–Crippen LogP) is 3.94. The number of piperidine rings is 1. The molecule has 0 radical (unpaired) electrons. The molecular weight excluding hydrogens is 440 g/mol. The number of anilines is 1. The first-order chi connectivity index (χ1) is 14.7. The van der Waals surface area contributed by atoms with Gasteiger partial charge in [-0.3, -0.25) is 4.79 Å². The Hall–Kier alpha value is -2.42. The lowest BCUT2D eigenvalue weighted by molar-refractivity contribution is -0.123. The molecule has 0 aliphatic carbocycles. The van der Waals surface area contributed by atoms with Gasteiger partial charge in [-0.1, -0.05) is 36.7 Å². The molecular formula is C22H25ClN2O5S. The SMILES string of the molecule is CC1CCCN(S(=O)(=O)c2cc(C(=O)OC(C)C(=O)Nc3ccccc3)ccc2Cl)C1. The first-order valence-electron chi connectivity index (χ1n) is 10.0. The second-order valence-electron chi connectivity index (χ2n) is 7.66. The molecule has 0 aromatic heterocycles. The third-order valence-corrected chi connectivity index (χ3v) is 7.45. The van der Waals surface area contributed by atoms with E-state index in [0.29, 0.717) is 18.8 Å². The molecule has 3 rings (SSSR count). The Kier molecular flexibility index (Phi) is 7.35. The number of benzene rings is 2. The number of rotatable bonds is 6. The number of carbonyl (C=O) groups is 2. The number of nitrogens with zero attached hydrogens (tertiary/aromatic N) is 1. The van der Waals surface area contributed by atoms with Crippen LogP contribution >= 0.6 is 11.6 Å². The summed E-state index contributed by atoms with van der Waals surface area (Å²) in [4.78, 5) is 24.7. The van der Waals surface area contributed by atoms with E-state index in [0.717, 1.165) is 12.8 Å². The number of para-hydroxylation sites is 1. The number of hydrogen-bond donors (Lipinski definition) is 1. The maximum Gasteiger partial charge on any atom is 0.338 e. The van der Waals surface area contributed by atoms with Crippen molar-refractivity contribution in [1.82, 2.24) is 4.31 Å².